The molecule has 0 aliphatic rings. The molecule has 2 aromatic carbocycles. The maximum atomic E-state index is 11.4. The van der Waals surface area contributed by atoms with Crippen molar-refractivity contribution >= 4 is 36.3 Å². The Morgan fingerprint density at radius 1 is 0.700 bits per heavy atom. The first-order valence-corrected chi connectivity index (χ1v) is 10.4. The molecule has 2 rings (SSSR count). The van der Waals surface area contributed by atoms with Crippen LogP contribution in [0.4, 0.5) is 0 Å². The molecule has 2 radical (unpaired) electrons. The summed E-state index contributed by atoms with van der Waals surface area (Å²) in [6, 6.07) is 7.70. The van der Waals surface area contributed by atoms with Crippen LogP contribution in [0.1, 0.15) is 45.7 Å². The summed E-state index contributed by atoms with van der Waals surface area (Å²) in [7, 11) is 0. The Morgan fingerprint density at radius 3 is 1.30 bits per heavy atom. The zero-order valence-corrected chi connectivity index (χ0v) is 22.9. The topological polar surface area (TPSA) is 267 Å². The zero-order valence-electron chi connectivity index (χ0n) is 21.0. The molecule has 0 fully saturated rings. The number of rotatable bonds is 10. The fourth-order valence-corrected chi connectivity index (χ4v) is 2.42. The SMILES string of the molecule is CCOC(=O)c1ccc([O-])c(C=NCC(=O)[O-])c1.CCOC(=O)c1ccc([O-])c(C=NCC(=O)[O-])c1.O.O.[Cu+2].[Cu+2]. The van der Waals surface area contributed by atoms with Crippen molar-refractivity contribution in [3.8, 4) is 11.5 Å². The van der Waals surface area contributed by atoms with E-state index in [-0.39, 0.29) is 92.1 Å². The Kier molecular flexibility index (Phi) is 25.0. The zero-order chi connectivity index (χ0) is 27.1. The smallest absolute Gasteiger partial charge is 0.872 e. The number of carbonyl (C=O) groups is 4. The van der Waals surface area contributed by atoms with Gasteiger partial charge in [0.15, 0.2) is 0 Å². The Bertz CT molecular complexity index is 1070. The van der Waals surface area contributed by atoms with Gasteiger partial charge < -0.3 is 50.4 Å². The van der Waals surface area contributed by atoms with Crippen LogP contribution in [-0.2, 0) is 53.2 Å². The number of carboxylic acids is 2. The second-order valence-electron chi connectivity index (χ2n) is 6.63. The Morgan fingerprint density at radius 2 is 1.02 bits per heavy atom. The number of hydrogen-bond donors (Lipinski definition) is 0. The van der Waals surface area contributed by atoms with E-state index >= 15 is 0 Å². The molecule has 0 atom stereocenters. The van der Waals surface area contributed by atoms with E-state index in [1.54, 1.807) is 13.8 Å². The first kappa shape index (κ1) is 43.3. The molecule has 2 aromatic rings. The number of nitrogens with zero attached hydrogens (tertiary/aromatic N) is 2. The molecular formula is C24H26Cu2N2O12. The van der Waals surface area contributed by atoms with Crippen LogP contribution < -0.4 is 20.4 Å². The van der Waals surface area contributed by atoms with Crippen LogP contribution in [0.3, 0.4) is 0 Å². The minimum Gasteiger partial charge on any atom is -0.872 e. The van der Waals surface area contributed by atoms with Gasteiger partial charge in [0, 0.05) is 12.4 Å². The van der Waals surface area contributed by atoms with E-state index in [4.69, 9.17) is 9.47 Å². The molecule has 0 spiro atoms. The Labute approximate surface area is 250 Å². The number of ether oxygens (including phenoxy) is 2. The number of hydrogen-bond acceptors (Lipinski definition) is 12. The quantitative estimate of drug-likeness (QED) is 0.138. The predicted octanol–water partition coefficient (Wildman–Crippen LogP) is -3.44. The van der Waals surface area contributed by atoms with E-state index in [2.05, 4.69) is 9.98 Å². The van der Waals surface area contributed by atoms with Crippen molar-refractivity contribution in [1.29, 1.82) is 0 Å². The number of carbonyl (C=O) groups excluding carboxylic acids is 4. The van der Waals surface area contributed by atoms with Crippen LogP contribution in [0.2, 0.25) is 0 Å². The molecule has 0 bridgehead atoms. The summed E-state index contributed by atoms with van der Waals surface area (Å²) in [6.07, 6.45) is 2.20. The van der Waals surface area contributed by atoms with Gasteiger partial charge in [0.1, 0.15) is 0 Å². The summed E-state index contributed by atoms with van der Waals surface area (Å²) >= 11 is 0. The molecule has 40 heavy (non-hydrogen) atoms. The monoisotopic (exact) mass is 660 g/mol. The molecular weight excluding hydrogens is 635 g/mol. The van der Waals surface area contributed by atoms with Crippen LogP contribution in [0, 0.1) is 0 Å². The minimum absolute atomic E-state index is 0. The molecule has 0 aromatic heterocycles. The maximum Gasteiger partial charge on any atom is 2.00 e. The van der Waals surface area contributed by atoms with Crippen LogP contribution in [0.15, 0.2) is 46.4 Å². The van der Waals surface area contributed by atoms with Gasteiger partial charge in [-0.3, -0.25) is 9.98 Å². The molecule has 0 aliphatic carbocycles. The number of benzene rings is 2. The number of esters is 2. The second kappa shape index (κ2) is 23.1. The van der Waals surface area contributed by atoms with Crippen molar-refractivity contribution < 1.29 is 94.2 Å². The molecule has 4 N–H and O–H groups in total. The fourth-order valence-electron chi connectivity index (χ4n) is 2.42. The van der Waals surface area contributed by atoms with Crippen molar-refractivity contribution in [3.05, 3.63) is 58.7 Å². The summed E-state index contributed by atoms with van der Waals surface area (Å²) in [6.45, 7) is 2.72. The molecule has 226 valence electrons. The van der Waals surface area contributed by atoms with Gasteiger partial charge in [-0.1, -0.05) is 12.1 Å². The third kappa shape index (κ3) is 16.2. The van der Waals surface area contributed by atoms with Gasteiger partial charge in [0.25, 0.3) is 0 Å². The largest absolute Gasteiger partial charge is 2.00 e. The van der Waals surface area contributed by atoms with Gasteiger partial charge in [-0.05, 0) is 49.2 Å². The summed E-state index contributed by atoms with van der Waals surface area (Å²) in [4.78, 5) is 50.2. The summed E-state index contributed by atoms with van der Waals surface area (Å²) in [5.41, 5.74) is 0.682. The maximum absolute atomic E-state index is 11.4. The molecule has 0 aliphatic heterocycles. The minimum atomic E-state index is -1.35. The molecule has 16 heteroatoms. The third-order valence-corrected chi connectivity index (χ3v) is 3.94. The number of carboxylic acid groups (broad SMARTS) is 2. The first-order valence-electron chi connectivity index (χ1n) is 10.4. The fraction of sp³-hybridized carbons (Fsp3) is 0.250. The first-order chi connectivity index (χ1) is 17.1. The predicted molar refractivity (Wildman–Crippen MR) is 126 cm³/mol. The Hall–Kier alpha value is -3.78. The summed E-state index contributed by atoms with van der Waals surface area (Å²) in [5, 5.41) is 43.2. The van der Waals surface area contributed by atoms with Crippen LogP contribution in [0.25, 0.3) is 0 Å². The molecule has 0 amide bonds. The van der Waals surface area contributed by atoms with Crippen LogP contribution in [-0.4, -0.2) is 73.6 Å². The Balaban J connectivity index is -0.000000295. The van der Waals surface area contributed by atoms with Crippen LogP contribution >= 0.6 is 0 Å². The second-order valence-corrected chi connectivity index (χ2v) is 6.63. The average molecular weight is 662 g/mol. The van der Waals surface area contributed by atoms with E-state index in [0.29, 0.717) is 0 Å². The third-order valence-electron chi connectivity index (χ3n) is 3.94. The average Bonchev–Trinajstić information content (AvgIpc) is 2.81. The van der Waals surface area contributed by atoms with E-state index < -0.39 is 37.0 Å². The molecule has 0 heterocycles. The normalized spacial score (nSPS) is 9.45. The van der Waals surface area contributed by atoms with Gasteiger partial charge >= 0.3 is 46.1 Å². The van der Waals surface area contributed by atoms with Crippen molar-refractivity contribution in [2.75, 3.05) is 26.3 Å². The van der Waals surface area contributed by atoms with E-state index in [0.717, 1.165) is 12.4 Å². The van der Waals surface area contributed by atoms with Gasteiger partial charge in [-0.25, -0.2) is 9.59 Å². The van der Waals surface area contributed by atoms with E-state index in [1.807, 2.05) is 0 Å². The van der Waals surface area contributed by atoms with E-state index in [9.17, 15) is 39.6 Å². The van der Waals surface area contributed by atoms with Gasteiger partial charge in [-0.15, -0.1) is 11.5 Å². The van der Waals surface area contributed by atoms with Crippen molar-refractivity contribution in [3.63, 3.8) is 0 Å². The summed E-state index contributed by atoms with van der Waals surface area (Å²) < 4.78 is 9.55. The van der Waals surface area contributed by atoms with Crippen LogP contribution in [0.5, 0.6) is 11.5 Å². The number of aliphatic carboxylic acids is 2. The van der Waals surface area contributed by atoms with Gasteiger partial charge in [0.05, 0.1) is 49.4 Å². The van der Waals surface area contributed by atoms with Crippen molar-refractivity contribution in [1.82, 2.24) is 0 Å². The molecule has 0 saturated carbocycles. The summed E-state index contributed by atoms with van der Waals surface area (Å²) in [5.74, 6) is -4.50. The van der Waals surface area contributed by atoms with E-state index in [1.165, 1.54) is 36.4 Å². The number of aliphatic imine (C=N–C) groups is 2. The standard InChI is InChI=1S/2C12H13NO5.2Cu.2H2O/c2*1-2-18-12(17)8-3-4-10(14)9(5-8)6-13-7-11(15)16;;;;/h2*3-6,14H,2,7H2,1H3,(H,15,16);;;2*1H2/q;;2*+2;;/p-4. The van der Waals surface area contributed by atoms with Crippen molar-refractivity contribution in [2.45, 2.75) is 13.8 Å². The molecule has 0 saturated heterocycles. The molecule has 0 unspecified atom stereocenters. The van der Waals surface area contributed by atoms with Gasteiger partial charge in [0.2, 0.25) is 0 Å². The van der Waals surface area contributed by atoms with Gasteiger partial charge in [-0.2, -0.15) is 0 Å². The van der Waals surface area contributed by atoms with Crippen molar-refractivity contribution in [2.24, 2.45) is 9.98 Å². The molecule has 14 nitrogen and oxygen atoms in total.